The Bertz CT molecular complexity index is 398. The molecule has 0 spiro atoms. The maximum absolute atomic E-state index is 5.65. The summed E-state index contributed by atoms with van der Waals surface area (Å²) in [6.07, 6.45) is 3.32. The smallest absolute Gasteiger partial charge is 0.141 e. The second-order valence-corrected chi connectivity index (χ2v) is 3.22. The van der Waals surface area contributed by atoms with E-state index in [9.17, 15) is 0 Å². The zero-order chi connectivity index (χ0) is 7.84. The van der Waals surface area contributed by atoms with Crippen molar-refractivity contribution in [2.75, 3.05) is 0 Å². The lowest BCUT2D eigenvalue weighted by atomic mass is 10.6. The fourth-order valence-corrected chi connectivity index (χ4v) is 1.35. The number of fused-ring (bicyclic) bond motifs is 1. The highest BCUT2D eigenvalue weighted by atomic mass is 79.9. The van der Waals surface area contributed by atoms with Crippen molar-refractivity contribution in [3.05, 3.63) is 28.3 Å². The average molecular weight is 232 g/mol. The Balaban J connectivity index is 2.86. The van der Waals surface area contributed by atoms with Crippen LogP contribution < -0.4 is 0 Å². The van der Waals surface area contributed by atoms with E-state index in [1.807, 2.05) is 0 Å². The molecule has 56 valence electrons. The number of hydrogen-bond donors (Lipinski definition) is 0. The Hall–Kier alpha value is -0.610. The summed E-state index contributed by atoms with van der Waals surface area (Å²) in [7, 11) is 0. The van der Waals surface area contributed by atoms with E-state index in [-0.39, 0.29) is 0 Å². The van der Waals surface area contributed by atoms with E-state index < -0.39 is 0 Å². The van der Waals surface area contributed by atoms with Crippen LogP contribution >= 0.6 is 27.5 Å². The van der Waals surface area contributed by atoms with Gasteiger partial charge in [0, 0.05) is 6.07 Å². The van der Waals surface area contributed by atoms with E-state index in [2.05, 4.69) is 25.9 Å². The van der Waals surface area contributed by atoms with E-state index in [1.165, 1.54) is 0 Å². The molecule has 2 aromatic heterocycles. The molecule has 0 saturated carbocycles. The van der Waals surface area contributed by atoms with Crippen molar-refractivity contribution in [2.24, 2.45) is 0 Å². The molecule has 2 heterocycles. The first kappa shape index (κ1) is 7.06. The lowest BCUT2D eigenvalue weighted by molar-refractivity contribution is 1.07. The zero-order valence-electron chi connectivity index (χ0n) is 5.33. The second kappa shape index (κ2) is 2.46. The van der Waals surface area contributed by atoms with Crippen LogP contribution in [0.3, 0.4) is 0 Å². The van der Waals surface area contributed by atoms with Crippen molar-refractivity contribution in [3.8, 4) is 0 Å². The topological polar surface area (TPSA) is 30.2 Å². The Morgan fingerprint density at radius 1 is 1.45 bits per heavy atom. The third-order valence-electron chi connectivity index (χ3n) is 1.33. The van der Waals surface area contributed by atoms with Gasteiger partial charge in [-0.3, -0.25) is 4.40 Å². The molecule has 0 bridgehead atoms. The highest BCUT2D eigenvalue weighted by Gasteiger charge is 1.99. The fraction of sp³-hybridized carbons (Fsp3) is 0. The van der Waals surface area contributed by atoms with Gasteiger partial charge in [-0.2, -0.15) is 0 Å². The van der Waals surface area contributed by atoms with Gasteiger partial charge in [0.2, 0.25) is 0 Å². The van der Waals surface area contributed by atoms with Crippen LogP contribution in [0.4, 0.5) is 0 Å². The fourth-order valence-electron chi connectivity index (χ4n) is 0.831. The predicted octanol–water partition coefficient (Wildman–Crippen LogP) is 2.15. The Labute approximate surface area is 76.2 Å². The molecule has 0 saturated heterocycles. The molecule has 0 aliphatic carbocycles. The largest absolute Gasteiger partial charge is 0.277 e. The summed E-state index contributed by atoms with van der Waals surface area (Å²) in [5.41, 5.74) is 0.789. The molecule has 3 nitrogen and oxygen atoms in total. The van der Waals surface area contributed by atoms with Gasteiger partial charge < -0.3 is 0 Å². The first-order valence-corrected chi connectivity index (χ1v) is 4.08. The molecule has 5 heteroatoms. The Kier molecular flexibility index (Phi) is 1.58. The lowest BCUT2D eigenvalue weighted by Gasteiger charge is -1.92. The minimum atomic E-state index is 0.454. The SMILES string of the molecule is Clc1cc2ncc(Br)n2cn1. The summed E-state index contributed by atoms with van der Waals surface area (Å²) >= 11 is 8.96. The van der Waals surface area contributed by atoms with Gasteiger partial charge in [0.15, 0.2) is 0 Å². The Morgan fingerprint density at radius 3 is 3.09 bits per heavy atom. The summed E-state index contributed by atoms with van der Waals surface area (Å²) in [5.74, 6) is 0. The molecular weight excluding hydrogens is 229 g/mol. The Morgan fingerprint density at radius 2 is 2.27 bits per heavy atom. The molecular formula is C6H3BrClN3. The van der Waals surface area contributed by atoms with Gasteiger partial charge in [-0.15, -0.1) is 0 Å². The summed E-state index contributed by atoms with van der Waals surface area (Å²) in [4.78, 5) is 7.97. The number of aromatic nitrogens is 3. The van der Waals surface area contributed by atoms with Gasteiger partial charge in [0.25, 0.3) is 0 Å². The van der Waals surface area contributed by atoms with Crippen molar-refractivity contribution in [1.29, 1.82) is 0 Å². The van der Waals surface area contributed by atoms with Crippen molar-refractivity contribution < 1.29 is 0 Å². The highest BCUT2D eigenvalue weighted by Crippen LogP contribution is 2.14. The first-order chi connectivity index (χ1) is 5.27. The van der Waals surface area contributed by atoms with Crippen LogP contribution in [-0.4, -0.2) is 14.4 Å². The van der Waals surface area contributed by atoms with Crippen molar-refractivity contribution in [2.45, 2.75) is 0 Å². The third-order valence-corrected chi connectivity index (χ3v) is 2.12. The van der Waals surface area contributed by atoms with E-state index >= 15 is 0 Å². The van der Waals surface area contributed by atoms with E-state index in [0.717, 1.165) is 10.3 Å². The predicted molar refractivity (Wildman–Crippen MR) is 45.7 cm³/mol. The zero-order valence-corrected chi connectivity index (χ0v) is 7.67. The van der Waals surface area contributed by atoms with Gasteiger partial charge in [-0.25, -0.2) is 9.97 Å². The van der Waals surface area contributed by atoms with Gasteiger partial charge >= 0.3 is 0 Å². The molecule has 0 N–H and O–H groups in total. The summed E-state index contributed by atoms with van der Waals surface area (Å²) < 4.78 is 2.67. The molecule has 0 aromatic carbocycles. The van der Waals surface area contributed by atoms with Crippen LogP contribution in [0, 0.1) is 0 Å². The number of halogens is 2. The number of nitrogens with zero attached hydrogens (tertiary/aromatic N) is 3. The van der Waals surface area contributed by atoms with E-state index in [1.54, 1.807) is 23.0 Å². The highest BCUT2D eigenvalue weighted by molar-refractivity contribution is 9.10. The quantitative estimate of drug-likeness (QED) is 0.652. The standard InChI is InChI=1S/C6H3BrClN3/c7-4-2-9-6-1-5(8)10-3-11(4)6/h1-3H. The summed E-state index contributed by atoms with van der Waals surface area (Å²) in [6.45, 7) is 0. The minimum absolute atomic E-state index is 0.454. The van der Waals surface area contributed by atoms with Crippen LogP contribution in [0.5, 0.6) is 0 Å². The first-order valence-electron chi connectivity index (χ1n) is 2.91. The minimum Gasteiger partial charge on any atom is -0.277 e. The van der Waals surface area contributed by atoms with Gasteiger partial charge in [-0.1, -0.05) is 11.6 Å². The molecule has 0 fully saturated rings. The molecule has 2 rings (SSSR count). The van der Waals surface area contributed by atoms with Crippen LogP contribution in [0.1, 0.15) is 0 Å². The van der Waals surface area contributed by atoms with Gasteiger partial charge in [0.1, 0.15) is 21.7 Å². The van der Waals surface area contributed by atoms with Crippen molar-refractivity contribution in [3.63, 3.8) is 0 Å². The maximum Gasteiger partial charge on any atom is 0.141 e. The van der Waals surface area contributed by atoms with Crippen molar-refractivity contribution >= 4 is 33.2 Å². The van der Waals surface area contributed by atoms with Crippen LogP contribution in [-0.2, 0) is 0 Å². The molecule has 11 heavy (non-hydrogen) atoms. The van der Waals surface area contributed by atoms with E-state index in [4.69, 9.17) is 11.6 Å². The van der Waals surface area contributed by atoms with Crippen LogP contribution in [0.2, 0.25) is 5.15 Å². The molecule has 0 amide bonds. The second-order valence-electron chi connectivity index (χ2n) is 2.02. The summed E-state index contributed by atoms with van der Waals surface area (Å²) in [5, 5.41) is 0.454. The molecule has 0 radical (unpaired) electrons. The van der Waals surface area contributed by atoms with Crippen molar-refractivity contribution in [1.82, 2.24) is 14.4 Å². The monoisotopic (exact) mass is 231 g/mol. The molecule has 0 aliphatic heterocycles. The average Bonchev–Trinajstić information content (AvgIpc) is 2.32. The lowest BCUT2D eigenvalue weighted by Crippen LogP contribution is -1.86. The molecule has 0 aliphatic rings. The molecule has 0 unspecified atom stereocenters. The third kappa shape index (κ3) is 1.12. The maximum atomic E-state index is 5.65. The van der Waals surface area contributed by atoms with E-state index in [0.29, 0.717) is 5.15 Å². The summed E-state index contributed by atoms with van der Waals surface area (Å²) in [6, 6.07) is 1.70. The molecule has 0 atom stereocenters. The number of hydrogen-bond acceptors (Lipinski definition) is 2. The molecule has 2 aromatic rings. The van der Waals surface area contributed by atoms with Crippen LogP contribution in [0.15, 0.2) is 23.2 Å². The number of imidazole rings is 1. The normalized spacial score (nSPS) is 10.7. The van der Waals surface area contributed by atoms with Crippen LogP contribution in [0.25, 0.3) is 5.65 Å². The van der Waals surface area contributed by atoms with Gasteiger partial charge in [0.05, 0.1) is 6.20 Å². The van der Waals surface area contributed by atoms with Gasteiger partial charge in [-0.05, 0) is 15.9 Å². The number of rotatable bonds is 0.